The van der Waals surface area contributed by atoms with Crippen LogP contribution in [0.25, 0.3) is 0 Å². The molecule has 1 aromatic rings. The summed E-state index contributed by atoms with van der Waals surface area (Å²) in [6.45, 7) is 3.31. The summed E-state index contributed by atoms with van der Waals surface area (Å²) < 4.78 is 0. The SMILES string of the molecule is CCC1CCCCC1NCc1ccncc1. The molecule has 1 aliphatic rings. The van der Waals surface area contributed by atoms with Gasteiger partial charge in [0.25, 0.3) is 0 Å². The van der Waals surface area contributed by atoms with Crippen molar-refractivity contribution in [3.05, 3.63) is 30.1 Å². The minimum absolute atomic E-state index is 0.729. The van der Waals surface area contributed by atoms with Gasteiger partial charge in [-0.15, -0.1) is 0 Å². The zero-order valence-electron chi connectivity index (χ0n) is 10.2. The van der Waals surface area contributed by atoms with E-state index in [0.717, 1.165) is 18.5 Å². The number of nitrogens with one attached hydrogen (secondary N) is 1. The topological polar surface area (TPSA) is 24.9 Å². The molecule has 2 heteroatoms. The second-order valence-corrected chi connectivity index (χ2v) is 4.80. The molecule has 0 aromatic carbocycles. The largest absolute Gasteiger partial charge is 0.310 e. The minimum atomic E-state index is 0.729. The lowest BCUT2D eigenvalue weighted by Gasteiger charge is -2.31. The van der Waals surface area contributed by atoms with Crippen LogP contribution in [0.1, 0.15) is 44.6 Å². The van der Waals surface area contributed by atoms with Crippen molar-refractivity contribution in [3.8, 4) is 0 Å². The maximum Gasteiger partial charge on any atom is 0.0271 e. The van der Waals surface area contributed by atoms with Crippen molar-refractivity contribution in [3.63, 3.8) is 0 Å². The molecule has 2 rings (SSSR count). The normalized spacial score (nSPS) is 25.6. The molecule has 88 valence electrons. The van der Waals surface area contributed by atoms with Gasteiger partial charge in [0, 0.05) is 25.0 Å². The molecular formula is C14H22N2. The molecule has 0 saturated heterocycles. The van der Waals surface area contributed by atoms with Crippen molar-refractivity contribution < 1.29 is 0 Å². The van der Waals surface area contributed by atoms with Crippen molar-refractivity contribution >= 4 is 0 Å². The van der Waals surface area contributed by atoms with Crippen LogP contribution in [0, 0.1) is 5.92 Å². The summed E-state index contributed by atoms with van der Waals surface area (Å²) in [5.74, 6) is 0.885. The summed E-state index contributed by atoms with van der Waals surface area (Å²) in [7, 11) is 0. The van der Waals surface area contributed by atoms with Crippen LogP contribution in [0.2, 0.25) is 0 Å². The predicted molar refractivity (Wildman–Crippen MR) is 67.1 cm³/mol. The average molecular weight is 218 g/mol. The molecule has 2 unspecified atom stereocenters. The Labute approximate surface area is 98.5 Å². The Balaban J connectivity index is 1.84. The van der Waals surface area contributed by atoms with E-state index in [1.165, 1.54) is 37.7 Å². The molecule has 1 fully saturated rings. The molecule has 1 heterocycles. The molecule has 0 amide bonds. The van der Waals surface area contributed by atoms with Gasteiger partial charge in [0.15, 0.2) is 0 Å². The molecule has 2 nitrogen and oxygen atoms in total. The Bertz CT molecular complexity index is 297. The van der Waals surface area contributed by atoms with E-state index < -0.39 is 0 Å². The summed E-state index contributed by atoms with van der Waals surface area (Å²) in [5, 5.41) is 3.71. The van der Waals surface area contributed by atoms with Gasteiger partial charge >= 0.3 is 0 Å². The van der Waals surface area contributed by atoms with Crippen molar-refractivity contribution in [2.24, 2.45) is 5.92 Å². The van der Waals surface area contributed by atoms with Gasteiger partial charge in [-0.05, 0) is 36.5 Å². The maximum absolute atomic E-state index is 4.04. The fourth-order valence-electron chi connectivity index (χ4n) is 2.71. The van der Waals surface area contributed by atoms with E-state index >= 15 is 0 Å². The highest BCUT2D eigenvalue weighted by Crippen LogP contribution is 2.26. The second kappa shape index (κ2) is 6.00. The van der Waals surface area contributed by atoms with Crippen molar-refractivity contribution in [2.45, 2.75) is 51.6 Å². The summed E-state index contributed by atoms with van der Waals surface area (Å²) in [4.78, 5) is 4.04. The Kier molecular flexibility index (Phi) is 4.34. The van der Waals surface area contributed by atoms with Crippen molar-refractivity contribution in [2.75, 3.05) is 0 Å². The molecule has 0 bridgehead atoms. The van der Waals surface area contributed by atoms with E-state index in [9.17, 15) is 0 Å². The number of nitrogens with zero attached hydrogens (tertiary/aromatic N) is 1. The Hall–Kier alpha value is -0.890. The van der Waals surface area contributed by atoms with Gasteiger partial charge in [-0.1, -0.05) is 26.2 Å². The molecule has 2 atom stereocenters. The van der Waals surface area contributed by atoms with E-state index in [4.69, 9.17) is 0 Å². The quantitative estimate of drug-likeness (QED) is 0.839. The molecule has 1 N–H and O–H groups in total. The van der Waals surface area contributed by atoms with E-state index in [1.807, 2.05) is 12.4 Å². The first kappa shape index (κ1) is 11.6. The molecule has 1 aromatic heterocycles. The van der Waals surface area contributed by atoms with E-state index in [1.54, 1.807) is 0 Å². The standard InChI is InChI=1S/C14H22N2/c1-2-13-5-3-4-6-14(13)16-11-12-7-9-15-10-8-12/h7-10,13-14,16H,2-6,11H2,1H3. The van der Waals surface area contributed by atoms with Crippen molar-refractivity contribution in [1.29, 1.82) is 0 Å². The molecule has 0 spiro atoms. The number of rotatable bonds is 4. The first-order valence-electron chi connectivity index (χ1n) is 6.52. The van der Waals surface area contributed by atoms with Gasteiger partial charge in [0.2, 0.25) is 0 Å². The molecule has 1 saturated carbocycles. The fraction of sp³-hybridized carbons (Fsp3) is 0.643. The van der Waals surface area contributed by atoms with Crippen LogP contribution < -0.4 is 5.32 Å². The minimum Gasteiger partial charge on any atom is -0.310 e. The zero-order valence-corrected chi connectivity index (χ0v) is 10.2. The van der Waals surface area contributed by atoms with Crippen LogP contribution in [-0.2, 0) is 6.54 Å². The number of aromatic nitrogens is 1. The van der Waals surface area contributed by atoms with Gasteiger partial charge in [-0.25, -0.2) is 0 Å². The van der Waals surface area contributed by atoms with Crippen molar-refractivity contribution in [1.82, 2.24) is 10.3 Å². The molecular weight excluding hydrogens is 196 g/mol. The number of hydrogen-bond donors (Lipinski definition) is 1. The third-order valence-corrected chi connectivity index (χ3v) is 3.75. The summed E-state index contributed by atoms with van der Waals surface area (Å²) >= 11 is 0. The lowest BCUT2D eigenvalue weighted by atomic mass is 9.83. The first-order chi connectivity index (χ1) is 7.90. The van der Waals surface area contributed by atoms with Crippen LogP contribution in [0.5, 0.6) is 0 Å². The summed E-state index contributed by atoms with van der Waals surface area (Å²) in [6, 6.07) is 4.92. The Morgan fingerprint density at radius 2 is 2.00 bits per heavy atom. The molecule has 0 aliphatic heterocycles. The fourth-order valence-corrected chi connectivity index (χ4v) is 2.71. The highest BCUT2D eigenvalue weighted by atomic mass is 14.9. The smallest absolute Gasteiger partial charge is 0.0271 e. The number of hydrogen-bond acceptors (Lipinski definition) is 2. The van der Waals surface area contributed by atoms with E-state index in [2.05, 4.69) is 29.4 Å². The Morgan fingerprint density at radius 3 is 2.75 bits per heavy atom. The lowest BCUT2D eigenvalue weighted by Crippen LogP contribution is -2.37. The third-order valence-electron chi connectivity index (χ3n) is 3.75. The van der Waals surface area contributed by atoms with Gasteiger partial charge in [-0.2, -0.15) is 0 Å². The zero-order chi connectivity index (χ0) is 11.2. The monoisotopic (exact) mass is 218 g/mol. The van der Waals surface area contributed by atoms with Crippen LogP contribution in [0.4, 0.5) is 0 Å². The molecule has 16 heavy (non-hydrogen) atoms. The first-order valence-corrected chi connectivity index (χ1v) is 6.52. The number of pyridine rings is 1. The highest BCUT2D eigenvalue weighted by molar-refractivity contribution is 5.09. The van der Waals surface area contributed by atoms with Gasteiger partial charge < -0.3 is 5.32 Å². The average Bonchev–Trinajstić information content (AvgIpc) is 2.38. The van der Waals surface area contributed by atoms with Crippen LogP contribution >= 0.6 is 0 Å². The molecule has 1 aliphatic carbocycles. The maximum atomic E-state index is 4.04. The predicted octanol–water partition coefficient (Wildman–Crippen LogP) is 3.14. The van der Waals surface area contributed by atoms with E-state index in [0.29, 0.717) is 0 Å². The van der Waals surface area contributed by atoms with Crippen LogP contribution in [0.15, 0.2) is 24.5 Å². The van der Waals surface area contributed by atoms with Gasteiger partial charge in [-0.3, -0.25) is 4.98 Å². The Morgan fingerprint density at radius 1 is 1.25 bits per heavy atom. The third kappa shape index (κ3) is 3.05. The summed E-state index contributed by atoms with van der Waals surface area (Å²) in [6.07, 6.45) is 10.6. The second-order valence-electron chi connectivity index (χ2n) is 4.80. The van der Waals surface area contributed by atoms with Crippen LogP contribution in [-0.4, -0.2) is 11.0 Å². The van der Waals surface area contributed by atoms with E-state index in [-0.39, 0.29) is 0 Å². The highest BCUT2D eigenvalue weighted by Gasteiger charge is 2.22. The van der Waals surface area contributed by atoms with Gasteiger partial charge in [0.05, 0.1) is 0 Å². The summed E-state index contributed by atoms with van der Waals surface area (Å²) in [5.41, 5.74) is 1.34. The molecule has 0 radical (unpaired) electrons. The van der Waals surface area contributed by atoms with Gasteiger partial charge in [0.1, 0.15) is 0 Å². The lowest BCUT2D eigenvalue weighted by molar-refractivity contribution is 0.254. The van der Waals surface area contributed by atoms with Crippen LogP contribution in [0.3, 0.4) is 0 Å².